The van der Waals surface area contributed by atoms with Crippen LogP contribution in [0.3, 0.4) is 0 Å². The van der Waals surface area contributed by atoms with Crippen LogP contribution in [-0.4, -0.2) is 38.7 Å². The maximum atomic E-state index is 13.8. The first-order valence-electron chi connectivity index (χ1n) is 11.5. The van der Waals surface area contributed by atoms with E-state index >= 15 is 0 Å². The molecule has 7 heteroatoms. The van der Waals surface area contributed by atoms with Gasteiger partial charge in [-0.25, -0.2) is 15.0 Å². The quantitative estimate of drug-likeness (QED) is 0.422. The number of nitrogens with zero attached hydrogens (tertiary/aromatic N) is 4. The summed E-state index contributed by atoms with van der Waals surface area (Å²) in [5, 5.41) is 0.863. The van der Waals surface area contributed by atoms with Crippen LogP contribution in [0, 0.1) is 17.3 Å². The molecule has 6 nitrogen and oxygen atoms in total. The molecule has 0 bridgehead atoms. The fourth-order valence-electron chi connectivity index (χ4n) is 6.92. The van der Waals surface area contributed by atoms with Crippen LogP contribution in [-0.2, 0) is 11.2 Å². The van der Waals surface area contributed by atoms with E-state index in [1.165, 1.54) is 11.1 Å². The number of rotatable bonds is 3. The number of ether oxygens (including phenoxy) is 1. The van der Waals surface area contributed by atoms with E-state index in [1.807, 2.05) is 17.2 Å². The predicted octanol–water partition coefficient (Wildman–Crippen LogP) is 4.83. The van der Waals surface area contributed by atoms with Gasteiger partial charge < -0.3 is 9.30 Å². The third-order valence-corrected chi connectivity index (χ3v) is 9.21. The number of aryl methyl sites for hydroxylation is 1. The minimum atomic E-state index is -0.262. The minimum Gasteiger partial charge on any atom is -0.497 e. The molecule has 2 heterocycles. The van der Waals surface area contributed by atoms with Gasteiger partial charge in [0, 0.05) is 5.41 Å². The molecular formula is C25H28N4O2S. The third kappa shape index (κ3) is 2.73. The number of imidazole rings is 1. The standard InChI is InChI=1S/C25H28N4O2S/c1-25-9-8-17-16-7-5-15(31-2)10-14(16)4-6-18(17)19(25)11-20(22(25)30)29-13-28-21-23(29)26-12-27-24(21)32-3/h5,7,10,12-13,17-20H,4,6,8-9,11H2,1-3H3. The zero-order valence-corrected chi connectivity index (χ0v) is 19.6. The van der Waals surface area contributed by atoms with Crippen LogP contribution in [0.5, 0.6) is 5.75 Å². The second-order valence-electron chi connectivity index (χ2n) is 9.76. The molecule has 6 rings (SSSR count). The summed E-state index contributed by atoms with van der Waals surface area (Å²) in [6.07, 6.45) is 10.5. The first kappa shape index (κ1) is 20.2. The Balaban J connectivity index is 1.36. The SMILES string of the molecule is COc1ccc2c(c1)CCC1C2CCC2(C)C(=O)C(n3cnc4c(SC)ncnc43)CC12. The van der Waals surface area contributed by atoms with E-state index in [4.69, 9.17) is 4.74 Å². The first-order chi connectivity index (χ1) is 15.5. The van der Waals surface area contributed by atoms with Gasteiger partial charge in [0.25, 0.3) is 0 Å². The van der Waals surface area contributed by atoms with Crippen LogP contribution in [0.2, 0.25) is 0 Å². The molecule has 3 aliphatic carbocycles. The van der Waals surface area contributed by atoms with Gasteiger partial charge in [0.05, 0.1) is 19.5 Å². The van der Waals surface area contributed by atoms with Gasteiger partial charge in [-0.15, -0.1) is 11.8 Å². The number of Topliss-reactive ketones (excluding diaryl/α,β-unsaturated/α-hetero) is 1. The van der Waals surface area contributed by atoms with Gasteiger partial charge in [0.1, 0.15) is 22.6 Å². The second kappa shape index (κ2) is 7.30. The van der Waals surface area contributed by atoms with Crippen LogP contribution in [0.1, 0.15) is 55.7 Å². The van der Waals surface area contributed by atoms with Crippen molar-refractivity contribution in [1.29, 1.82) is 0 Å². The van der Waals surface area contributed by atoms with Crippen molar-refractivity contribution in [2.45, 2.75) is 56.0 Å². The molecule has 0 N–H and O–H groups in total. The fourth-order valence-corrected chi connectivity index (χ4v) is 7.41. The molecule has 0 radical (unpaired) electrons. The number of fused-ring (bicyclic) bond motifs is 6. The number of benzene rings is 1. The lowest BCUT2D eigenvalue weighted by Gasteiger charge is -2.48. The molecular weight excluding hydrogens is 420 g/mol. The Morgan fingerprint density at radius 2 is 2.09 bits per heavy atom. The number of carbonyl (C=O) groups is 1. The van der Waals surface area contributed by atoms with Crippen molar-refractivity contribution in [1.82, 2.24) is 19.5 Å². The van der Waals surface area contributed by atoms with Crippen molar-refractivity contribution >= 4 is 28.7 Å². The molecule has 1 aromatic carbocycles. The number of carbonyl (C=O) groups excluding carboxylic acids is 1. The average molecular weight is 449 g/mol. The van der Waals surface area contributed by atoms with E-state index < -0.39 is 0 Å². The monoisotopic (exact) mass is 448 g/mol. The number of hydrogen-bond donors (Lipinski definition) is 0. The van der Waals surface area contributed by atoms with E-state index in [1.54, 1.807) is 25.2 Å². The van der Waals surface area contributed by atoms with Crippen LogP contribution in [0.25, 0.3) is 11.2 Å². The highest BCUT2D eigenvalue weighted by Crippen LogP contribution is 2.61. The van der Waals surface area contributed by atoms with E-state index in [-0.39, 0.29) is 11.5 Å². The first-order valence-corrected chi connectivity index (χ1v) is 12.7. The smallest absolute Gasteiger partial charge is 0.165 e. The van der Waals surface area contributed by atoms with Crippen molar-refractivity contribution in [3.8, 4) is 5.75 Å². The van der Waals surface area contributed by atoms with E-state index in [2.05, 4.69) is 40.1 Å². The molecule has 0 saturated heterocycles. The Morgan fingerprint density at radius 1 is 1.22 bits per heavy atom. The van der Waals surface area contributed by atoms with E-state index in [9.17, 15) is 4.79 Å². The summed E-state index contributed by atoms with van der Waals surface area (Å²) >= 11 is 1.56. The maximum Gasteiger partial charge on any atom is 0.165 e. The highest BCUT2D eigenvalue weighted by atomic mass is 32.2. The summed E-state index contributed by atoms with van der Waals surface area (Å²) < 4.78 is 7.48. The Bertz CT molecular complexity index is 1220. The molecule has 5 atom stereocenters. The van der Waals surface area contributed by atoms with E-state index in [0.29, 0.717) is 23.5 Å². The Hall–Kier alpha value is -2.41. The van der Waals surface area contributed by atoms with Gasteiger partial charge in [0.15, 0.2) is 11.4 Å². The molecule has 2 aromatic heterocycles. The molecule has 166 valence electrons. The van der Waals surface area contributed by atoms with Crippen molar-refractivity contribution in [2.24, 2.45) is 17.3 Å². The Kier molecular flexibility index (Phi) is 4.61. The lowest BCUT2D eigenvalue weighted by molar-refractivity contribution is -0.131. The highest BCUT2D eigenvalue weighted by Gasteiger charge is 2.58. The summed E-state index contributed by atoms with van der Waals surface area (Å²) in [5.41, 5.74) is 4.22. The van der Waals surface area contributed by atoms with Gasteiger partial charge in [-0.3, -0.25) is 4.79 Å². The fraction of sp³-hybridized carbons (Fsp3) is 0.520. The highest BCUT2D eigenvalue weighted by molar-refractivity contribution is 7.98. The van der Waals surface area contributed by atoms with Gasteiger partial charge in [-0.05, 0) is 79.4 Å². The molecule has 0 spiro atoms. The third-order valence-electron chi connectivity index (χ3n) is 8.52. The summed E-state index contributed by atoms with van der Waals surface area (Å²) in [5.74, 6) is 2.80. The Labute approximate surface area is 192 Å². The number of hydrogen-bond acceptors (Lipinski definition) is 6. The predicted molar refractivity (Wildman–Crippen MR) is 124 cm³/mol. The summed E-state index contributed by atoms with van der Waals surface area (Å²) in [6, 6.07) is 6.39. The van der Waals surface area contributed by atoms with Crippen LogP contribution < -0.4 is 4.74 Å². The molecule has 5 unspecified atom stereocenters. The Morgan fingerprint density at radius 3 is 2.91 bits per heavy atom. The largest absolute Gasteiger partial charge is 0.497 e. The molecule has 2 fully saturated rings. The summed E-state index contributed by atoms with van der Waals surface area (Å²) in [4.78, 5) is 27.3. The van der Waals surface area contributed by atoms with Crippen LogP contribution >= 0.6 is 11.8 Å². The number of aromatic nitrogens is 4. The van der Waals surface area contributed by atoms with Crippen molar-refractivity contribution in [3.63, 3.8) is 0 Å². The maximum absolute atomic E-state index is 13.8. The van der Waals surface area contributed by atoms with Crippen molar-refractivity contribution < 1.29 is 9.53 Å². The molecule has 3 aliphatic rings. The average Bonchev–Trinajstić information content (AvgIpc) is 3.37. The lowest BCUT2D eigenvalue weighted by atomic mass is 9.55. The zero-order chi connectivity index (χ0) is 22.0. The second-order valence-corrected chi connectivity index (χ2v) is 10.6. The number of methoxy groups -OCH3 is 1. The van der Waals surface area contributed by atoms with E-state index in [0.717, 1.165) is 54.0 Å². The lowest BCUT2D eigenvalue weighted by Crippen LogP contribution is -2.42. The molecule has 0 amide bonds. The molecule has 32 heavy (non-hydrogen) atoms. The number of thioether (sulfide) groups is 1. The normalized spacial score (nSPS) is 31.3. The zero-order valence-electron chi connectivity index (χ0n) is 18.7. The molecule has 0 aliphatic heterocycles. The minimum absolute atomic E-state index is 0.185. The van der Waals surface area contributed by atoms with Crippen LogP contribution in [0.4, 0.5) is 0 Å². The topological polar surface area (TPSA) is 69.9 Å². The summed E-state index contributed by atoms with van der Waals surface area (Å²) in [7, 11) is 1.73. The number of ketones is 1. The van der Waals surface area contributed by atoms with Crippen molar-refractivity contribution in [2.75, 3.05) is 13.4 Å². The molecule has 3 aromatic rings. The summed E-state index contributed by atoms with van der Waals surface area (Å²) in [6.45, 7) is 2.22. The van der Waals surface area contributed by atoms with Gasteiger partial charge in [-0.1, -0.05) is 13.0 Å². The van der Waals surface area contributed by atoms with Gasteiger partial charge in [0.2, 0.25) is 0 Å². The van der Waals surface area contributed by atoms with Crippen molar-refractivity contribution in [3.05, 3.63) is 42.0 Å². The molecule has 2 saturated carbocycles. The van der Waals surface area contributed by atoms with Crippen LogP contribution in [0.15, 0.2) is 35.9 Å². The van der Waals surface area contributed by atoms with Gasteiger partial charge in [-0.2, -0.15) is 0 Å². The van der Waals surface area contributed by atoms with Gasteiger partial charge >= 0.3 is 0 Å².